The Balaban J connectivity index is 3.01. The van der Waals surface area contributed by atoms with E-state index in [2.05, 4.69) is 5.10 Å². The van der Waals surface area contributed by atoms with Crippen LogP contribution in [0.15, 0.2) is 6.20 Å². The summed E-state index contributed by atoms with van der Waals surface area (Å²) in [6.45, 7) is 1.58. The predicted molar refractivity (Wildman–Crippen MR) is 45.2 cm³/mol. The quantitative estimate of drug-likeness (QED) is 0.540. The van der Waals surface area contributed by atoms with Gasteiger partial charge in [-0.15, -0.1) is 0 Å². The molecule has 13 heavy (non-hydrogen) atoms. The molecule has 0 bridgehead atoms. The summed E-state index contributed by atoms with van der Waals surface area (Å²) in [4.78, 5) is 9.99. The molecule has 6 heteroatoms. The molecule has 1 heterocycles. The molecule has 0 aliphatic rings. The number of aryl methyl sites for hydroxylation is 1. The van der Waals surface area contributed by atoms with Crippen molar-refractivity contribution >= 4 is 5.69 Å². The molecule has 0 spiro atoms. The van der Waals surface area contributed by atoms with Crippen LogP contribution < -0.4 is 0 Å². The number of hydrogen-bond donors (Lipinski definition) is 1. The summed E-state index contributed by atoms with van der Waals surface area (Å²) in [6, 6.07) is 0. The molecular formula is C7H11N3O3. The van der Waals surface area contributed by atoms with Gasteiger partial charge in [-0.2, -0.15) is 5.10 Å². The fraction of sp³-hybridized carbons (Fsp3) is 0.571. The molecule has 0 aromatic carbocycles. The minimum atomic E-state index is -0.603. The molecular weight excluding hydrogens is 174 g/mol. The molecule has 72 valence electrons. The minimum absolute atomic E-state index is 0.0385. The van der Waals surface area contributed by atoms with Crippen LogP contribution >= 0.6 is 0 Å². The number of nitrogens with zero attached hydrogens (tertiary/aromatic N) is 3. The topological polar surface area (TPSA) is 81.2 Å². The smallest absolute Gasteiger partial charge is 0.310 e. The Morgan fingerprint density at radius 2 is 2.46 bits per heavy atom. The second kappa shape index (κ2) is 3.53. The molecule has 6 nitrogen and oxygen atoms in total. The van der Waals surface area contributed by atoms with E-state index in [1.807, 2.05) is 0 Å². The van der Waals surface area contributed by atoms with Gasteiger partial charge in [0.1, 0.15) is 11.9 Å². The molecule has 0 radical (unpaired) electrons. The first-order valence-corrected chi connectivity index (χ1v) is 3.85. The molecule has 1 N–H and O–H groups in total. The summed E-state index contributed by atoms with van der Waals surface area (Å²) in [7, 11) is 1.62. The average molecular weight is 185 g/mol. The first-order chi connectivity index (χ1) is 6.02. The van der Waals surface area contributed by atoms with Crippen molar-refractivity contribution in [2.45, 2.75) is 19.4 Å². The molecule has 1 aromatic heterocycles. The van der Waals surface area contributed by atoms with Crippen LogP contribution in [-0.2, 0) is 13.5 Å². The van der Waals surface area contributed by atoms with E-state index < -0.39 is 11.0 Å². The van der Waals surface area contributed by atoms with Crippen LogP contribution in [-0.4, -0.2) is 25.9 Å². The maximum absolute atomic E-state index is 10.5. The molecule has 0 fully saturated rings. The maximum Gasteiger partial charge on any atom is 0.310 e. The van der Waals surface area contributed by atoms with Gasteiger partial charge >= 0.3 is 5.69 Å². The lowest BCUT2D eigenvalue weighted by Gasteiger charge is -2.03. The van der Waals surface area contributed by atoms with Crippen LogP contribution in [0.3, 0.4) is 0 Å². The molecule has 1 aromatic rings. The van der Waals surface area contributed by atoms with Gasteiger partial charge in [0.05, 0.1) is 11.0 Å². The summed E-state index contributed by atoms with van der Waals surface area (Å²) in [5.41, 5.74) is 0.406. The van der Waals surface area contributed by atoms with Gasteiger partial charge in [-0.25, -0.2) is 0 Å². The highest BCUT2D eigenvalue weighted by Crippen LogP contribution is 2.18. The lowest BCUT2D eigenvalue weighted by molar-refractivity contribution is -0.385. The van der Waals surface area contributed by atoms with E-state index in [0.717, 1.165) is 0 Å². The summed E-state index contributed by atoms with van der Waals surface area (Å²) < 4.78 is 1.41. The van der Waals surface area contributed by atoms with Gasteiger partial charge in [0.2, 0.25) is 0 Å². The molecule has 0 aliphatic carbocycles. The van der Waals surface area contributed by atoms with E-state index in [1.165, 1.54) is 10.9 Å². The first-order valence-electron chi connectivity index (χ1n) is 3.85. The lowest BCUT2D eigenvalue weighted by atomic mass is 10.2. The normalized spacial score (nSPS) is 12.8. The van der Waals surface area contributed by atoms with Crippen LogP contribution in [0.2, 0.25) is 0 Å². The Morgan fingerprint density at radius 3 is 2.92 bits per heavy atom. The lowest BCUT2D eigenvalue weighted by Crippen LogP contribution is -2.10. The summed E-state index contributed by atoms with van der Waals surface area (Å²) in [5.74, 6) is 0. The summed E-state index contributed by atoms with van der Waals surface area (Å²) in [6.07, 6.45) is 0.832. The second-order valence-electron chi connectivity index (χ2n) is 2.91. The maximum atomic E-state index is 10.5. The molecule has 0 aliphatic heterocycles. The minimum Gasteiger partial charge on any atom is -0.393 e. The van der Waals surface area contributed by atoms with Crippen molar-refractivity contribution in [3.05, 3.63) is 22.0 Å². The van der Waals surface area contributed by atoms with Gasteiger partial charge in [-0.3, -0.25) is 14.8 Å². The highest BCUT2D eigenvalue weighted by molar-refractivity contribution is 5.33. The van der Waals surface area contributed by atoms with Crippen molar-refractivity contribution in [3.8, 4) is 0 Å². The van der Waals surface area contributed by atoms with Gasteiger partial charge in [-0.1, -0.05) is 0 Å². The SMILES string of the molecule is C[C@H](O)Cc1c([N+](=O)[O-])cnn1C. The number of rotatable bonds is 3. The molecule has 0 unspecified atom stereocenters. The van der Waals surface area contributed by atoms with Crippen LogP contribution in [0.5, 0.6) is 0 Å². The van der Waals surface area contributed by atoms with Crippen LogP contribution in [0, 0.1) is 10.1 Å². The van der Waals surface area contributed by atoms with Gasteiger partial charge in [-0.05, 0) is 6.92 Å². The van der Waals surface area contributed by atoms with Crippen LogP contribution in [0.25, 0.3) is 0 Å². The Bertz CT molecular complexity index is 319. The highest BCUT2D eigenvalue weighted by Gasteiger charge is 2.19. The van der Waals surface area contributed by atoms with Gasteiger partial charge in [0, 0.05) is 13.5 Å². The van der Waals surface area contributed by atoms with Gasteiger partial charge in [0.15, 0.2) is 0 Å². The molecule has 1 rings (SSSR count). The van der Waals surface area contributed by atoms with E-state index in [4.69, 9.17) is 5.11 Å². The van der Waals surface area contributed by atoms with E-state index in [1.54, 1.807) is 14.0 Å². The fourth-order valence-electron chi connectivity index (χ4n) is 1.12. The summed E-state index contributed by atoms with van der Waals surface area (Å²) >= 11 is 0. The molecule has 1 atom stereocenters. The third-order valence-corrected chi connectivity index (χ3v) is 1.72. The standard InChI is InChI=1S/C7H11N3O3/c1-5(11)3-6-7(10(12)13)4-8-9(6)2/h4-5,11H,3H2,1-2H3/t5-/m0/s1. The van der Waals surface area contributed by atoms with Crippen LogP contribution in [0.4, 0.5) is 5.69 Å². The largest absolute Gasteiger partial charge is 0.393 e. The zero-order valence-corrected chi connectivity index (χ0v) is 7.47. The van der Waals surface area contributed by atoms with Crippen molar-refractivity contribution in [3.63, 3.8) is 0 Å². The Kier molecular flexibility index (Phi) is 2.62. The average Bonchev–Trinajstić information content (AvgIpc) is 2.32. The predicted octanol–water partition coefficient (Wildman–Crippen LogP) is 0.252. The van der Waals surface area contributed by atoms with Crippen molar-refractivity contribution in [1.82, 2.24) is 9.78 Å². The van der Waals surface area contributed by atoms with Crippen molar-refractivity contribution in [2.75, 3.05) is 0 Å². The number of aliphatic hydroxyl groups excluding tert-OH is 1. The van der Waals surface area contributed by atoms with Crippen molar-refractivity contribution in [1.29, 1.82) is 0 Å². The van der Waals surface area contributed by atoms with E-state index >= 15 is 0 Å². The van der Waals surface area contributed by atoms with Crippen molar-refractivity contribution in [2.24, 2.45) is 7.05 Å². The van der Waals surface area contributed by atoms with E-state index in [-0.39, 0.29) is 12.1 Å². The molecule has 0 saturated carbocycles. The number of hydrogen-bond acceptors (Lipinski definition) is 4. The summed E-state index contributed by atoms with van der Waals surface area (Å²) in [5, 5.41) is 23.3. The third kappa shape index (κ3) is 2.03. The van der Waals surface area contributed by atoms with Gasteiger partial charge in [0.25, 0.3) is 0 Å². The Hall–Kier alpha value is -1.43. The van der Waals surface area contributed by atoms with Crippen molar-refractivity contribution < 1.29 is 10.0 Å². The molecule has 0 amide bonds. The Labute approximate surface area is 74.9 Å². The number of aromatic nitrogens is 2. The molecule has 0 saturated heterocycles. The first kappa shape index (κ1) is 9.66. The Morgan fingerprint density at radius 1 is 1.85 bits per heavy atom. The van der Waals surface area contributed by atoms with Gasteiger partial charge < -0.3 is 5.11 Å². The second-order valence-corrected chi connectivity index (χ2v) is 2.91. The third-order valence-electron chi connectivity index (χ3n) is 1.72. The fourth-order valence-corrected chi connectivity index (χ4v) is 1.12. The monoisotopic (exact) mass is 185 g/mol. The van der Waals surface area contributed by atoms with E-state index in [0.29, 0.717) is 5.69 Å². The zero-order valence-electron chi connectivity index (χ0n) is 7.47. The van der Waals surface area contributed by atoms with Crippen LogP contribution in [0.1, 0.15) is 12.6 Å². The number of nitro groups is 1. The highest BCUT2D eigenvalue weighted by atomic mass is 16.6. The number of aliphatic hydroxyl groups is 1. The zero-order chi connectivity index (χ0) is 10.0. The van der Waals surface area contributed by atoms with E-state index in [9.17, 15) is 10.1 Å².